The number of ether oxygens (including phenoxy) is 1. The van der Waals surface area contributed by atoms with E-state index in [0.29, 0.717) is 44.4 Å². The molecule has 1 aromatic carbocycles. The Hall–Kier alpha value is -2.51. The molecule has 7 nitrogen and oxygen atoms in total. The van der Waals surface area contributed by atoms with E-state index in [1.54, 1.807) is 23.5 Å². The molecule has 0 aliphatic carbocycles. The van der Waals surface area contributed by atoms with Crippen molar-refractivity contribution in [3.8, 4) is 5.75 Å². The number of carbonyl (C=O) groups is 2. The van der Waals surface area contributed by atoms with Gasteiger partial charge in [0.15, 0.2) is 0 Å². The third-order valence-corrected chi connectivity index (χ3v) is 5.37. The molecule has 2 aromatic rings. The minimum Gasteiger partial charge on any atom is -0.491 e. The standard InChI is InChI=1S/C20H22ClN3O4/c21-16-1-2-18-15(9-16)12-24(6-8-28-18)19(25)10-17-20(26)22-4-5-23(17)11-14-3-7-27-13-14/h1-3,7,9,13,17H,4-6,8,10-12H2,(H,22,26). The minimum atomic E-state index is -0.501. The molecule has 1 fully saturated rings. The van der Waals surface area contributed by atoms with Crippen LogP contribution in [0.1, 0.15) is 17.5 Å². The first-order chi connectivity index (χ1) is 13.6. The number of piperazine rings is 1. The van der Waals surface area contributed by atoms with Crippen molar-refractivity contribution < 1.29 is 18.7 Å². The van der Waals surface area contributed by atoms with Crippen LogP contribution in [0.5, 0.6) is 5.75 Å². The fourth-order valence-electron chi connectivity index (χ4n) is 3.66. The molecule has 1 saturated heterocycles. The van der Waals surface area contributed by atoms with E-state index in [-0.39, 0.29) is 18.2 Å². The highest BCUT2D eigenvalue weighted by molar-refractivity contribution is 6.30. The monoisotopic (exact) mass is 403 g/mol. The van der Waals surface area contributed by atoms with Crippen LogP contribution in [0.3, 0.4) is 0 Å². The smallest absolute Gasteiger partial charge is 0.237 e. The molecule has 0 radical (unpaired) electrons. The summed E-state index contributed by atoms with van der Waals surface area (Å²) in [6, 6.07) is 6.79. The van der Waals surface area contributed by atoms with E-state index < -0.39 is 6.04 Å². The summed E-state index contributed by atoms with van der Waals surface area (Å²) in [7, 11) is 0. The van der Waals surface area contributed by atoms with Crippen LogP contribution in [0.2, 0.25) is 5.02 Å². The van der Waals surface area contributed by atoms with E-state index in [1.807, 2.05) is 23.1 Å². The Morgan fingerprint density at radius 1 is 1.29 bits per heavy atom. The van der Waals surface area contributed by atoms with Crippen LogP contribution in [-0.2, 0) is 22.7 Å². The first kappa shape index (κ1) is 18.8. The fourth-order valence-corrected chi connectivity index (χ4v) is 3.86. The van der Waals surface area contributed by atoms with Crippen LogP contribution < -0.4 is 10.1 Å². The highest BCUT2D eigenvalue weighted by atomic mass is 35.5. The van der Waals surface area contributed by atoms with Crippen LogP contribution in [-0.4, -0.2) is 53.9 Å². The Bertz CT molecular complexity index is 855. The van der Waals surface area contributed by atoms with Gasteiger partial charge in [0.05, 0.1) is 31.5 Å². The molecule has 3 heterocycles. The topological polar surface area (TPSA) is 75.0 Å². The summed E-state index contributed by atoms with van der Waals surface area (Å²) in [6.07, 6.45) is 3.40. The molecule has 0 bridgehead atoms. The quantitative estimate of drug-likeness (QED) is 0.845. The van der Waals surface area contributed by atoms with E-state index >= 15 is 0 Å². The maximum Gasteiger partial charge on any atom is 0.237 e. The average molecular weight is 404 g/mol. The van der Waals surface area contributed by atoms with Gasteiger partial charge < -0.3 is 19.4 Å². The second-order valence-electron chi connectivity index (χ2n) is 7.03. The lowest BCUT2D eigenvalue weighted by Crippen LogP contribution is -2.56. The fraction of sp³-hybridized carbons (Fsp3) is 0.400. The van der Waals surface area contributed by atoms with Crippen molar-refractivity contribution in [3.05, 3.63) is 52.9 Å². The zero-order chi connectivity index (χ0) is 19.5. The first-order valence-electron chi connectivity index (χ1n) is 9.32. The zero-order valence-electron chi connectivity index (χ0n) is 15.4. The Kier molecular flexibility index (Phi) is 5.54. The van der Waals surface area contributed by atoms with Gasteiger partial charge in [0.1, 0.15) is 12.4 Å². The number of benzene rings is 1. The maximum absolute atomic E-state index is 13.0. The van der Waals surface area contributed by atoms with Crippen molar-refractivity contribution >= 4 is 23.4 Å². The van der Waals surface area contributed by atoms with Gasteiger partial charge in [-0.05, 0) is 24.3 Å². The number of hydrogen-bond acceptors (Lipinski definition) is 5. The Labute approximate surface area is 168 Å². The van der Waals surface area contributed by atoms with Crippen molar-refractivity contribution in [1.29, 1.82) is 0 Å². The van der Waals surface area contributed by atoms with E-state index in [2.05, 4.69) is 5.32 Å². The second-order valence-corrected chi connectivity index (χ2v) is 7.47. The average Bonchev–Trinajstić information content (AvgIpc) is 3.09. The number of halogens is 1. The van der Waals surface area contributed by atoms with Gasteiger partial charge in [0.25, 0.3) is 0 Å². The van der Waals surface area contributed by atoms with Crippen molar-refractivity contribution in [2.24, 2.45) is 0 Å². The number of rotatable bonds is 4. The van der Waals surface area contributed by atoms with Crippen LogP contribution in [0.25, 0.3) is 0 Å². The lowest BCUT2D eigenvalue weighted by atomic mass is 10.1. The number of carbonyl (C=O) groups excluding carboxylic acids is 2. The van der Waals surface area contributed by atoms with Gasteiger partial charge in [-0.1, -0.05) is 11.6 Å². The molecule has 2 aliphatic heterocycles. The number of furan rings is 1. The Morgan fingerprint density at radius 3 is 3.00 bits per heavy atom. The summed E-state index contributed by atoms with van der Waals surface area (Å²) in [6.45, 7) is 3.15. The van der Waals surface area contributed by atoms with Gasteiger partial charge in [0.2, 0.25) is 11.8 Å². The molecule has 1 N–H and O–H groups in total. The molecule has 2 aliphatic rings. The first-order valence-corrected chi connectivity index (χ1v) is 9.70. The van der Waals surface area contributed by atoms with Crippen LogP contribution in [0.4, 0.5) is 0 Å². The molecule has 0 spiro atoms. The third-order valence-electron chi connectivity index (χ3n) is 5.13. The van der Waals surface area contributed by atoms with E-state index in [9.17, 15) is 9.59 Å². The number of fused-ring (bicyclic) bond motifs is 1. The summed E-state index contributed by atoms with van der Waals surface area (Å²) in [4.78, 5) is 29.3. The summed E-state index contributed by atoms with van der Waals surface area (Å²) in [5, 5.41) is 3.47. The predicted molar refractivity (Wildman–Crippen MR) is 103 cm³/mol. The number of amides is 2. The van der Waals surface area contributed by atoms with Gasteiger partial charge in [0, 0.05) is 42.3 Å². The maximum atomic E-state index is 13.0. The van der Waals surface area contributed by atoms with Crippen molar-refractivity contribution in [2.75, 3.05) is 26.2 Å². The number of nitrogens with zero attached hydrogens (tertiary/aromatic N) is 2. The predicted octanol–water partition coefficient (Wildman–Crippen LogP) is 2.04. The van der Waals surface area contributed by atoms with Gasteiger partial charge in [-0.2, -0.15) is 0 Å². The van der Waals surface area contributed by atoms with Crippen LogP contribution in [0, 0.1) is 0 Å². The second kappa shape index (κ2) is 8.24. The molecule has 8 heteroatoms. The van der Waals surface area contributed by atoms with Crippen molar-refractivity contribution in [3.63, 3.8) is 0 Å². The number of hydrogen-bond donors (Lipinski definition) is 1. The van der Waals surface area contributed by atoms with Crippen LogP contribution in [0.15, 0.2) is 41.2 Å². The SMILES string of the molecule is O=C1NCCN(Cc2ccoc2)C1CC(=O)N1CCOc2ccc(Cl)cc2C1. The van der Waals surface area contributed by atoms with E-state index in [1.165, 1.54) is 0 Å². The molecule has 1 aromatic heterocycles. The largest absolute Gasteiger partial charge is 0.491 e. The molecule has 2 amide bonds. The van der Waals surface area contributed by atoms with Crippen molar-refractivity contribution in [2.45, 2.75) is 25.6 Å². The minimum absolute atomic E-state index is 0.0735. The third kappa shape index (κ3) is 4.15. The summed E-state index contributed by atoms with van der Waals surface area (Å²) in [5.74, 6) is 0.560. The van der Waals surface area contributed by atoms with E-state index in [4.69, 9.17) is 20.8 Å². The molecule has 1 atom stereocenters. The highest BCUT2D eigenvalue weighted by Gasteiger charge is 2.33. The summed E-state index contributed by atoms with van der Waals surface area (Å²) < 4.78 is 10.9. The highest BCUT2D eigenvalue weighted by Crippen LogP contribution is 2.27. The molecule has 4 rings (SSSR count). The zero-order valence-corrected chi connectivity index (χ0v) is 16.2. The molecule has 1 unspecified atom stereocenters. The van der Waals surface area contributed by atoms with Crippen molar-refractivity contribution in [1.82, 2.24) is 15.1 Å². The lowest BCUT2D eigenvalue weighted by Gasteiger charge is -2.35. The Morgan fingerprint density at radius 2 is 2.18 bits per heavy atom. The molecular weight excluding hydrogens is 382 g/mol. The van der Waals surface area contributed by atoms with Gasteiger partial charge >= 0.3 is 0 Å². The summed E-state index contributed by atoms with van der Waals surface area (Å²) >= 11 is 6.09. The molecule has 148 valence electrons. The molecule has 28 heavy (non-hydrogen) atoms. The molecule has 0 saturated carbocycles. The summed E-state index contributed by atoms with van der Waals surface area (Å²) in [5.41, 5.74) is 1.86. The normalized spacial score (nSPS) is 20.1. The van der Waals surface area contributed by atoms with Crippen LogP contribution >= 0.6 is 11.6 Å². The van der Waals surface area contributed by atoms with Gasteiger partial charge in [-0.3, -0.25) is 14.5 Å². The van der Waals surface area contributed by atoms with Gasteiger partial charge in [-0.25, -0.2) is 0 Å². The number of nitrogens with one attached hydrogen (secondary N) is 1. The lowest BCUT2D eigenvalue weighted by molar-refractivity contribution is -0.139. The Balaban J connectivity index is 1.46. The molecular formula is C20H22ClN3O4. The van der Waals surface area contributed by atoms with Gasteiger partial charge in [-0.15, -0.1) is 0 Å². The van der Waals surface area contributed by atoms with E-state index in [0.717, 1.165) is 16.9 Å².